The fourth-order valence-corrected chi connectivity index (χ4v) is 3.21. The van der Waals surface area contributed by atoms with E-state index in [0.717, 1.165) is 0 Å². The highest BCUT2D eigenvalue weighted by Crippen LogP contribution is 2.35. The van der Waals surface area contributed by atoms with Gasteiger partial charge in [0.05, 0.1) is 0 Å². The molecule has 2 heterocycles. The van der Waals surface area contributed by atoms with Gasteiger partial charge < -0.3 is 4.40 Å². The molecule has 31 heavy (non-hydrogen) atoms. The minimum atomic E-state index is 0. The molecule has 0 saturated carbocycles. The second-order valence-corrected chi connectivity index (χ2v) is 9.29. The normalized spacial score (nSPS) is 16.3. The van der Waals surface area contributed by atoms with E-state index in [2.05, 4.69) is 119 Å². The molecule has 0 saturated heterocycles. The van der Waals surface area contributed by atoms with Gasteiger partial charge in [-0.05, 0) is 45.7 Å². The van der Waals surface area contributed by atoms with Gasteiger partial charge >= 0.3 is 0 Å². The zero-order valence-electron chi connectivity index (χ0n) is 21.0. The van der Waals surface area contributed by atoms with Gasteiger partial charge in [-0.15, -0.1) is 0 Å². The first-order chi connectivity index (χ1) is 14.1. The molecule has 1 atom stereocenters. The zero-order chi connectivity index (χ0) is 22.9. The van der Waals surface area contributed by atoms with Gasteiger partial charge in [0.1, 0.15) is 0 Å². The van der Waals surface area contributed by atoms with Crippen molar-refractivity contribution in [2.24, 2.45) is 11.3 Å². The Morgan fingerprint density at radius 2 is 1.45 bits per heavy atom. The van der Waals surface area contributed by atoms with Gasteiger partial charge in [0.25, 0.3) is 0 Å². The second-order valence-electron chi connectivity index (χ2n) is 9.29. The second kappa shape index (κ2) is 12.5. The standard InChI is InChI=1S/C13H16.C12H15N.2C2H6.CH4/c1-13(2,3)12-8-7-10-5-4-6-11(10)9-12;1-12(2,3)10-6-7-11-5-4-8-13(11)9-10;2*1-2;/h4-10H,1-3H3;4-9H,1-3H3;2*1-2H3;1H4. The Morgan fingerprint density at radius 1 is 0.806 bits per heavy atom. The summed E-state index contributed by atoms with van der Waals surface area (Å²) in [4.78, 5) is 0. The number of hydrogen-bond donors (Lipinski definition) is 0. The average Bonchev–Trinajstić information content (AvgIpc) is 3.38. The Kier molecular flexibility index (Phi) is 11.6. The van der Waals surface area contributed by atoms with Gasteiger partial charge in [0.2, 0.25) is 0 Å². The average molecular weight is 422 g/mol. The summed E-state index contributed by atoms with van der Waals surface area (Å²) in [6, 6.07) is 8.56. The molecule has 2 aromatic heterocycles. The highest BCUT2D eigenvalue weighted by Gasteiger charge is 2.21. The summed E-state index contributed by atoms with van der Waals surface area (Å²) < 4.78 is 2.17. The molecule has 0 radical (unpaired) electrons. The third kappa shape index (κ3) is 8.05. The number of pyridine rings is 1. The maximum atomic E-state index is 2.32. The van der Waals surface area contributed by atoms with E-state index in [1.807, 2.05) is 27.7 Å². The van der Waals surface area contributed by atoms with Crippen LogP contribution in [-0.2, 0) is 5.41 Å². The predicted molar refractivity (Wildman–Crippen MR) is 143 cm³/mol. The number of fused-ring (bicyclic) bond motifs is 2. The maximum absolute atomic E-state index is 2.32. The van der Waals surface area contributed by atoms with Crippen molar-refractivity contribution in [1.29, 1.82) is 0 Å². The van der Waals surface area contributed by atoms with Gasteiger partial charge in [-0.1, -0.05) is 119 Å². The Bertz CT molecular complexity index is 902. The molecule has 0 bridgehead atoms. The van der Waals surface area contributed by atoms with Crippen LogP contribution in [0.1, 0.15) is 82.2 Å². The van der Waals surface area contributed by atoms with E-state index in [0.29, 0.717) is 5.92 Å². The highest BCUT2D eigenvalue weighted by atomic mass is 14.8. The fourth-order valence-electron chi connectivity index (χ4n) is 3.21. The minimum Gasteiger partial charge on any atom is -0.324 e. The van der Waals surface area contributed by atoms with Gasteiger partial charge in [-0.2, -0.15) is 0 Å². The largest absolute Gasteiger partial charge is 0.324 e. The molecule has 4 rings (SSSR count). The summed E-state index contributed by atoms with van der Waals surface area (Å²) in [5.74, 6) is 0.547. The first kappa shape index (κ1) is 28.7. The number of allylic oxidation sites excluding steroid dienone is 8. The number of hydrogen-bond acceptors (Lipinski definition) is 0. The van der Waals surface area contributed by atoms with Crippen LogP contribution >= 0.6 is 0 Å². The van der Waals surface area contributed by atoms with E-state index < -0.39 is 0 Å². The summed E-state index contributed by atoms with van der Waals surface area (Å²) in [5.41, 5.74) is 6.00. The first-order valence-electron chi connectivity index (χ1n) is 11.5. The molecule has 0 aliphatic heterocycles. The summed E-state index contributed by atoms with van der Waals surface area (Å²) in [5, 5.41) is 0. The van der Waals surface area contributed by atoms with Crippen LogP contribution in [-0.4, -0.2) is 4.40 Å². The van der Waals surface area contributed by atoms with Gasteiger partial charge in [0.15, 0.2) is 0 Å². The lowest BCUT2D eigenvalue weighted by Crippen LogP contribution is -2.11. The maximum Gasteiger partial charge on any atom is 0.0450 e. The van der Waals surface area contributed by atoms with Gasteiger partial charge in [-0.25, -0.2) is 0 Å². The molecular formula is C30H47N. The Balaban J connectivity index is 0.000000487. The van der Waals surface area contributed by atoms with Crippen LogP contribution in [0.15, 0.2) is 84.3 Å². The van der Waals surface area contributed by atoms with E-state index in [9.17, 15) is 0 Å². The number of rotatable bonds is 0. The van der Waals surface area contributed by atoms with Crippen LogP contribution in [0.25, 0.3) is 5.52 Å². The minimum absolute atomic E-state index is 0. The van der Waals surface area contributed by atoms with Crippen LogP contribution in [0.2, 0.25) is 0 Å². The van der Waals surface area contributed by atoms with Crippen molar-refractivity contribution < 1.29 is 0 Å². The highest BCUT2D eigenvalue weighted by molar-refractivity contribution is 5.49. The zero-order valence-corrected chi connectivity index (χ0v) is 21.0. The van der Waals surface area contributed by atoms with Crippen molar-refractivity contribution in [3.8, 4) is 0 Å². The summed E-state index contributed by atoms with van der Waals surface area (Å²) >= 11 is 0. The molecular weight excluding hydrogens is 374 g/mol. The smallest absolute Gasteiger partial charge is 0.0450 e. The molecule has 2 aliphatic rings. The molecule has 1 heteroatoms. The van der Waals surface area contributed by atoms with E-state index in [1.54, 1.807) is 0 Å². The molecule has 0 N–H and O–H groups in total. The summed E-state index contributed by atoms with van der Waals surface area (Å²) in [6.45, 7) is 21.5. The molecule has 1 unspecified atom stereocenters. The van der Waals surface area contributed by atoms with Gasteiger partial charge in [0, 0.05) is 23.8 Å². The molecule has 2 aromatic rings. The number of aromatic nitrogens is 1. The number of nitrogens with zero attached hydrogens (tertiary/aromatic N) is 1. The Morgan fingerprint density at radius 3 is 2.03 bits per heavy atom. The third-order valence-corrected chi connectivity index (χ3v) is 5.05. The van der Waals surface area contributed by atoms with E-state index in [4.69, 9.17) is 0 Å². The van der Waals surface area contributed by atoms with Crippen molar-refractivity contribution >= 4 is 5.52 Å². The van der Waals surface area contributed by atoms with E-state index in [-0.39, 0.29) is 18.3 Å². The van der Waals surface area contributed by atoms with E-state index in [1.165, 1.54) is 22.2 Å². The van der Waals surface area contributed by atoms with Crippen LogP contribution in [0.3, 0.4) is 0 Å². The molecule has 2 aliphatic carbocycles. The van der Waals surface area contributed by atoms with Crippen LogP contribution in [0.5, 0.6) is 0 Å². The van der Waals surface area contributed by atoms with Crippen molar-refractivity contribution in [2.75, 3.05) is 0 Å². The van der Waals surface area contributed by atoms with Gasteiger partial charge in [-0.3, -0.25) is 0 Å². The molecule has 0 amide bonds. The Labute approximate surface area is 193 Å². The topological polar surface area (TPSA) is 4.41 Å². The molecule has 0 spiro atoms. The molecule has 172 valence electrons. The third-order valence-electron chi connectivity index (χ3n) is 5.05. The fraction of sp³-hybridized carbons (Fsp3) is 0.467. The van der Waals surface area contributed by atoms with Crippen molar-refractivity contribution in [2.45, 2.75) is 82.1 Å². The van der Waals surface area contributed by atoms with Crippen molar-refractivity contribution in [1.82, 2.24) is 4.40 Å². The molecule has 1 nitrogen and oxygen atoms in total. The lowest BCUT2D eigenvalue weighted by molar-refractivity contribution is 0.514. The monoisotopic (exact) mass is 421 g/mol. The predicted octanol–water partition coefficient (Wildman–Crippen LogP) is 9.57. The quantitative estimate of drug-likeness (QED) is 0.399. The summed E-state index contributed by atoms with van der Waals surface area (Å²) in [7, 11) is 0. The molecule has 0 aromatic carbocycles. The lowest BCUT2D eigenvalue weighted by Gasteiger charge is -2.24. The molecule has 0 fully saturated rings. The Hall–Kier alpha value is -2.28. The van der Waals surface area contributed by atoms with Crippen molar-refractivity contribution in [3.05, 3.63) is 89.8 Å². The van der Waals surface area contributed by atoms with Crippen molar-refractivity contribution in [3.63, 3.8) is 0 Å². The summed E-state index contributed by atoms with van der Waals surface area (Å²) in [6.07, 6.45) is 17.8. The van der Waals surface area contributed by atoms with E-state index >= 15 is 0 Å². The van der Waals surface area contributed by atoms with Crippen LogP contribution in [0.4, 0.5) is 0 Å². The first-order valence-corrected chi connectivity index (χ1v) is 11.5. The lowest BCUT2D eigenvalue weighted by atomic mass is 9.80. The van der Waals surface area contributed by atoms with Crippen LogP contribution in [0, 0.1) is 11.3 Å². The van der Waals surface area contributed by atoms with Crippen LogP contribution < -0.4 is 0 Å². The SMILES string of the molecule is C.CC.CC.CC(C)(C)C1=CC2=CC=CC2C=C1.CC(C)(C)c1ccc2cccn2c1.